The Hall–Kier alpha value is -0.290. The van der Waals surface area contributed by atoms with Gasteiger partial charge in [-0.05, 0) is 12.8 Å². The molecule has 3 nitrogen and oxygen atoms in total. The summed E-state index contributed by atoms with van der Waals surface area (Å²) >= 11 is 6.71. The van der Waals surface area contributed by atoms with E-state index in [4.69, 9.17) is 12.2 Å². The molecule has 0 aromatic carbocycles. The molecule has 0 spiro atoms. The molecule has 0 aromatic rings. The summed E-state index contributed by atoms with van der Waals surface area (Å²) in [6, 6.07) is 0. The van der Waals surface area contributed by atoms with Crippen LogP contribution in [0, 0.1) is 0 Å². The molecule has 0 N–H and O–H groups in total. The maximum atomic E-state index is 11.3. The van der Waals surface area contributed by atoms with Crippen LogP contribution in [0.5, 0.6) is 0 Å². The molecule has 1 heterocycles. The highest BCUT2D eigenvalue weighted by Crippen LogP contribution is 2.16. The zero-order valence-corrected chi connectivity index (χ0v) is 10.3. The lowest BCUT2D eigenvalue weighted by atomic mass is 10.4. The number of nitrogens with zero attached hydrogens (tertiary/aromatic N) is 2. The Morgan fingerprint density at radius 3 is 2.50 bits per heavy atom. The molecular weight excluding hydrogens is 216 g/mol. The van der Waals surface area contributed by atoms with E-state index in [9.17, 15) is 4.79 Å². The van der Waals surface area contributed by atoms with Gasteiger partial charge in [-0.3, -0.25) is 4.79 Å². The third-order valence-corrected chi connectivity index (χ3v) is 3.69. The van der Waals surface area contributed by atoms with E-state index in [1.54, 1.807) is 19.0 Å². The summed E-state index contributed by atoms with van der Waals surface area (Å²) < 4.78 is 0.873. The zero-order valence-electron chi connectivity index (χ0n) is 8.65. The molecule has 1 saturated heterocycles. The molecule has 0 unspecified atom stereocenters. The van der Waals surface area contributed by atoms with Crippen molar-refractivity contribution >= 4 is 34.2 Å². The number of carbonyl (C=O) groups is 1. The molecule has 0 aliphatic carbocycles. The number of rotatable bonds is 2. The summed E-state index contributed by atoms with van der Waals surface area (Å²) in [6.07, 6.45) is 2.45. The maximum absolute atomic E-state index is 11.3. The number of likely N-dealkylation sites (tertiary alicyclic amines) is 1. The van der Waals surface area contributed by atoms with E-state index in [0.29, 0.717) is 5.75 Å². The normalized spacial score (nSPS) is 15.7. The van der Waals surface area contributed by atoms with Crippen LogP contribution < -0.4 is 0 Å². The van der Waals surface area contributed by atoms with Gasteiger partial charge in [-0.15, -0.1) is 0 Å². The lowest BCUT2D eigenvalue weighted by Gasteiger charge is -2.18. The van der Waals surface area contributed by atoms with Crippen molar-refractivity contribution in [2.24, 2.45) is 0 Å². The van der Waals surface area contributed by atoms with Crippen molar-refractivity contribution in [2.45, 2.75) is 12.8 Å². The number of amides is 1. The van der Waals surface area contributed by atoms with Gasteiger partial charge in [-0.1, -0.05) is 24.0 Å². The highest BCUT2D eigenvalue weighted by atomic mass is 32.2. The predicted octanol–water partition coefficient (Wildman–Crippen LogP) is 1.19. The van der Waals surface area contributed by atoms with Crippen molar-refractivity contribution in [3.63, 3.8) is 0 Å². The van der Waals surface area contributed by atoms with Gasteiger partial charge in [0.15, 0.2) is 0 Å². The van der Waals surface area contributed by atoms with Crippen molar-refractivity contribution in [1.29, 1.82) is 0 Å². The minimum atomic E-state index is 0.122. The summed E-state index contributed by atoms with van der Waals surface area (Å²) in [7, 11) is 3.53. The summed E-state index contributed by atoms with van der Waals surface area (Å²) in [6.45, 7) is 2.12. The minimum absolute atomic E-state index is 0.122. The standard InChI is InChI=1S/C9H16N2OS2/c1-10(2)8(12)7-14-9(13)11-5-3-4-6-11/h3-7H2,1-2H3. The lowest BCUT2D eigenvalue weighted by molar-refractivity contribution is -0.125. The molecule has 14 heavy (non-hydrogen) atoms. The number of hydrogen-bond donors (Lipinski definition) is 0. The SMILES string of the molecule is CN(C)C(=O)CSC(=S)N1CCCC1. The summed E-state index contributed by atoms with van der Waals surface area (Å²) in [5.74, 6) is 0.582. The van der Waals surface area contributed by atoms with E-state index in [1.807, 2.05) is 0 Å². The average Bonchev–Trinajstić information content (AvgIpc) is 2.66. The van der Waals surface area contributed by atoms with E-state index in [1.165, 1.54) is 24.6 Å². The first-order chi connectivity index (χ1) is 6.61. The molecule has 80 valence electrons. The fourth-order valence-corrected chi connectivity index (χ4v) is 2.47. The second-order valence-corrected chi connectivity index (χ2v) is 5.15. The number of thiocarbonyl (C=S) groups is 1. The first kappa shape index (κ1) is 11.8. The quantitative estimate of drug-likeness (QED) is 0.667. The first-order valence-electron chi connectivity index (χ1n) is 4.73. The number of hydrogen-bond acceptors (Lipinski definition) is 3. The first-order valence-corrected chi connectivity index (χ1v) is 6.12. The van der Waals surface area contributed by atoms with Gasteiger partial charge >= 0.3 is 0 Å². The van der Waals surface area contributed by atoms with Crippen LogP contribution in [0.4, 0.5) is 0 Å². The maximum Gasteiger partial charge on any atom is 0.232 e. The van der Waals surface area contributed by atoms with E-state index in [2.05, 4.69) is 4.90 Å². The molecule has 0 aromatic heterocycles. The summed E-state index contributed by atoms with van der Waals surface area (Å²) in [5, 5.41) is 0. The molecule has 0 saturated carbocycles. The molecular formula is C9H16N2OS2. The molecule has 1 rings (SSSR count). The van der Waals surface area contributed by atoms with Crippen LogP contribution in [0.3, 0.4) is 0 Å². The lowest BCUT2D eigenvalue weighted by Crippen LogP contribution is -2.28. The fraction of sp³-hybridized carbons (Fsp3) is 0.778. The van der Waals surface area contributed by atoms with E-state index >= 15 is 0 Å². The van der Waals surface area contributed by atoms with Gasteiger partial charge in [-0.25, -0.2) is 0 Å². The van der Waals surface area contributed by atoms with Crippen molar-refractivity contribution < 1.29 is 4.79 Å². The largest absolute Gasteiger partial charge is 0.358 e. The van der Waals surface area contributed by atoms with Crippen LogP contribution in [0.15, 0.2) is 0 Å². The Labute approximate surface area is 94.8 Å². The van der Waals surface area contributed by atoms with E-state index < -0.39 is 0 Å². The van der Waals surface area contributed by atoms with Crippen LogP contribution in [0.2, 0.25) is 0 Å². The molecule has 1 amide bonds. The Balaban J connectivity index is 2.23. The van der Waals surface area contributed by atoms with E-state index in [-0.39, 0.29) is 5.91 Å². The number of carbonyl (C=O) groups excluding carboxylic acids is 1. The summed E-state index contributed by atoms with van der Waals surface area (Å²) in [4.78, 5) is 15.1. The third kappa shape index (κ3) is 3.46. The van der Waals surface area contributed by atoms with Crippen LogP contribution in [-0.4, -0.2) is 53.0 Å². The van der Waals surface area contributed by atoms with E-state index in [0.717, 1.165) is 17.4 Å². The minimum Gasteiger partial charge on any atom is -0.358 e. The molecule has 0 bridgehead atoms. The van der Waals surface area contributed by atoms with Crippen LogP contribution >= 0.6 is 24.0 Å². The Kier molecular flexibility index (Phi) is 4.68. The van der Waals surface area contributed by atoms with Crippen molar-refractivity contribution in [3.05, 3.63) is 0 Å². The molecule has 0 atom stereocenters. The monoisotopic (exact) mass is 232 g/mol. The molecule has 1 fully saturated rings. The van der Waals surface area contributed by atoms with Gasteiger partial charge in [0.05, 0.1) is 5.75 Å². The van der Waals surface area contributed by atoms with Gasteiger partial charge in [-0.2, -0.15) is 0 Å². The van der Waals surface area contributed by atoms with Gasteiger partial charge in [0, 0.05) is 27.2 Å². The highest BCUT2D eigenvalue weighted by molar-refractivity contribution is 8.23. The second kappa shape index (κ2) is 5.56. The van der Waals surface area contributed by atoms with Crippen molar-refractivity contribution in [2.75, 3.05) is 32.9 Å². The van der Waals surface area contributed by atoms with Gasteiger partial charge in [0.25, 0.3) is 0 Å². The van der Waals surface area contributed by atoms with Crippen LogP contribution in [0.1, 0.15) is 12.8 Å². The Morgan fingerprint density at radius 2 is 2.00 bits per heavy atom. The molecule has 0 radical (unpaired) electrons. The van der Waals surface area contributed by atoms with Gasteiger partial charge in [0.1, 0.15) is 4.32 Å². The average molecular weight is 232 g/mol. The van der Waals surface area contributed by atoms with Crippen molar-refractivity contribution in [3.8, 4) is 0 Å². The second-order valence-electron chi connectivity index (χ2n) is 3.54. The Morgan fingerprint density at radius 1 is 1.43 bits per heavy atom. The number of thioether (sulfide) groups is 1. The summed E-state index contributed by atoms with van der Waals surface area (Å²) in [5.41, 5.74) is 0. The third-order valence-electron chi connectivity index (χ3n) is 2.18. The zero-order chi connectivity index (χ0) is 10.6. The molecule has 5 heteroatoms. The molecule has 1 aliphatic rings. The highest BCUT2D eigenvalue weighted by Gasteiger charge is 2.16. The van der Waals surface area contributed by atoms with Crippen LogP contribution in [0.25, 0.3) is 0 Å². The predicted molar refractivity (Wildman–Crippen MR) is 64.6 cm³/mol. The van der Waals surface area contributed by atoms with Crippen LogP contribution in [-0.2, 0) is 4.79 Å². The smallest absolute Gasteiger partial charge is 0.232 e. The van der Waals surface area contributed by atoms with Gasteiger partial charge < -0.3 is 9.80 Å². The Bertz CT molecular complexity index is 225. The van der Waals surface area contributed by atoms with Gasteiger partial charge in [0.2, 0.25) is 5.91 Å². The topological polar surface area (TPSA) is 23.6 Å². The fourth-order valence-electron chi connectivity index (χ4n) is 1.24. The van der Waals surface area contributed by atoms with Crippen molar-refractivity contribution in [1.82, 2.24) is 9.80 Å². The molecule has 1 aliphatic heterocycles.